The average Bonchev–Trinajstić information content (AvgIpc) is 2.80. The number of rotatable bonds is 6. The smallest absolute Gasteiger partial charge is 0.0427 e. The highest BCUT2D eigenvalue weighted by Crippen LogP contribution is 2.49. The van der Waals surface area contributed by atoms with Crippen LogP contribution in [0.1, 0.15) is 39.0 Å². The molecule has 1 aliphatic rings. The van der Waals surface area contributed by atoms with Gasteiger partial charge in [-0.3, -0.25) is 0 Å². The summed E-state index contributed by atoms with van der Waals surface area (Å²) in [6, 6.07) is 0. The monoisotopic (exact) mass is 170 g/mol. The van der Waals surface area contributed by atoms with Crippen LogP contribution in [-0.4, -0.2) is 10.5 Å². The topological polar surface area (TPSA) is 0 Å². The first-order valence-corrected chi connectivity index (χ1v) is 5.59. The summed E-state index contributed by atoms with van der Waals surface area (Å²) >= 11 is 2.06. The van der Waals surface area contributed by atoms with E-state index in [1.54, 1.807) is 0 Å². The molecule has 0 N–H and O–H groups in total. The van der Waals surface area contributed by atoms with E-state index in [2.05, 4.69) is 31.3 Å². The minimum absolute atomic E-state index is 0.522. The Morgan fingerprint density at radius 3 is 2.64 bits per heavy atom. The van der Waals surface area contributed by atoms with Crippen LogP contribution in [-0.2, 0) is 0 Å². The van der Waals surface area contributed by atoms with Crippen molar-refractivity contribution in [3.05, 3.63) is 12.7 Å². The summed E-state index contributed by atoms with van der Waals surface area (Å²) in [5.74, 6) is 1.32. The van der Waals surface area contributed by atoms with Crippen LogP contribution in [0.4, 0.5) is 0 Å². The highest BCUT2D eigenvalue weighted by atomic mass is 32.2. The van der Waals surface area contributed by atoms with E-state index >= 15 is 0 Å². The van der Waals surface area contributed by atoms with Gasteiger partial charge in [0, 0.05) is 10.5 Å². The van der Waals surface area contributed by atoms with Gasteiger partial charge < -0.3 is 0 Å². The molecule has 1 saturated heterocycles. The molecule has 0 bridgehead atoms. The summed E-state index contributed by atoms with van der Waals surface area (Å²) in [6.07, 6.45) is 9.05. The molecule has 1 rings (SSSR count). The molecule has 0 aliphatic carbocycles. The van der Waals surface area contributed by atoms with Crippen molar-refractivity contribution in [3.63, 3.8) is 0 Å². The number of hydrogen-bond acceptors (Lipinski definition) is 1. The molecular formula is C10H18S. The lowest BCUT2D eigenvalue weighted by molar-refractivity contribution is 0.612. The van der Waals surface area contributed by atoms with E-state index in [-0.39, 0.29) is 0 Å². The predicted molar refractivity (Wildman–Crippen MR) is 54.1 cm³/mol. The van der Waals surface area contributed by atoms with Crippen LogP contribution in [0.25, 0.3) is 0 Å². The van der Waals surface area contributed by atoms with Crippen molar-refractivity contribution in [2.45, 2.75) is 43.8 Å². The normalized spacial score (nSPS) is 28.5. The van der Waals surface area contributed by atoms with Crippen LogP contribution in [0.5, 0.6) is 0 Å². The first-order chi connectivity index (χ1) is 5.33. The summed E-state index contributed by atoms with van der Waals surface area (Å²) in [5, 5.41) is 0. The van der Waals surface area contributed by atoms with Crippen molar-refractivity contribution in [2.24, 2.45) is 0 Å². The van der Waals surface area contributed by atoms with Gasteiger partial charge in [0.25, 0.3) is 0 Å². The summed E-state index contributed by atoms with van der Waals surface area (Å²) in [4.78, 5) is 0. The average molecular weight is 170 g/mol. The van der Waals surface area contributed by atoms with Gasteiger partial charge in [-0.1, -0.05) is 38.7 Å². The van der Waals surface area contributed by atoms with E-state index < -0.39 is 0 Å². The fraction of sp³-hybridized carbons (Fsp3) is 0.800. The third kappa shape index (κ3) is 2.90. The third-order valence-corrected chi connectivity index (χ3v) is 3.74. The second kappa shape index (κ2) is 4.20. The quantitative estimate of drug-likeness (QED) is 0.333. The molecule has 0 aromatic heterocycles. The molecule has 1 atom stereocenters. The number of hydrogen-bond donors (Lipinski definition) is 0. The van der Waals surface area contributed by atoms with Gasteiger partial charge in [-0.05, 0) is 6.42 Å². The van der Waals surface area contributed by atoms with E-state index in [0.29, 0.717) is 4.75 Å². The molecule has 64 valence electrons. The van der Waals surface area contributed by atoms with Gasteiger partial charge in [-0.2, -0.15) is 0 Å². The van der Waals surface area contributed by atoms with Crippen molar-refractivity contribution in [1.82, 2.24) is 0 Å². The third-order valence-electron chi connectivity index (χ3n) is 2.34. The maximum Gasteiger partial charge on any atom is 0.0427 e. The van der Waals surface area contributed by atoms with Crippen molar-refractivity contribution in [2.75, 3.05) is 5.75 Å². The summed E-state index contributed by atoms with van der Waals surface area (Å²) in [7, 11) is 0. The van der Waals surface area contributed by atoms with Gasteiger partial charge in [0.2, 0.25) is 0 Å². The van der Waals surface area contributed by atoms with Gasteiger partial charge in [0.05, 0.1) is 0 Å². The highest BCUT2D eigenvalue weighted by molar-refractivity contribution is 8.08. The lowest BCUT2D eigenvalue weighted by Crippen LogP contribution is -2.02. The second-order valence-corrected chi connectivity index (χ2v) is 4.76. The van der Waals surface area contributed by atoms with E-state index in [1.807, 2.05) is 0 Å². The first-order valence-electron chi connectivity index (χ1n) is 4.60. The summed E-state index contributed by atoms with van der Waals surface area (Å²) < 4.78 is 0.522. The lowest BCUT2D eigenvalue weighted by Gasteiger charge is -2.05. The second-order valence-electron chi connectivity index (χ2n) is 3.37. The Kier molecular flexibility index (Phi) is 3.50. The Morgan fingerprint density at radius 2 is 2.18 bits per heavy atom. The molecule has 11 heavy (non-hydrogen) atoms. The Bertz CT molecular complexity index is 125. The molecular weight excluding hydrogens is 152 g/mol. The molecule has 1 fully saturated rings. The van der Waals surface area contributed by atoms with E-state index in [4.69, 9.17) is 0 Å². The zero-order valence-corrected chi connectivity index (χ0v) is 8.25. The van der Waals surface area contributed by atoms with Gasteiger partial charge in [-0.15, -0.1) is 18.3 Å². The molecule has 1 unspecified atom stereocenters. The number of thioether (sulfide) groups is 1. The Balaban J connectivity index is 1.98. The van der Waals surface area contributed by atoms with Crippen LogP contribution in [0.3, 0.4) is 0 Å². The van der Waals surface area contributed by atoms with E-state index in [1.165, 1.54) is 37.9 Å². The largest absolute Gasteiger partial charge is 0.148 e. The van der Waals surface area contributed by atoms with Crippen LogP contribution in [0, 0.1) is 0 Å². The van der Waals surface area contributed by atoms with Crippen molar-refractivity contribution in [1.29, 1.82) is 0 Å². The predicted octanol–water partition coefficient (Wildman–Crippen LogP) is 3.63. The minimum atomic E-state index is 0.522. The maximum absolute atomic E-state index is 3.87. The van der Waals surface area contributed by atoms with Gasteiger partial charge in [0.1, 0.15) is 0 Å². The molecule has 0 saturated carbocycles. The minimum Gasteiger partial charge on any atom is -0.148 e. The Hall–Kier alpha value is 0.0900. The maximum atomic E-state index is 3.87. The fourth-order valence-electron chi connectivity index (χ4n) is 1.31. The molecule has 0 amide bonds. The molecule has 0 spiro atoms. The van der Waals surface area contributed by atoms with E-state index in [0.717, 1.165) is 0 Å². The van der Waals surface area contributed by atoms with Gasteiger partial charge in [-0.25, -0.2) is 0 Å². The fourth-order valence-corrected chi connectivity index (χ4v) is 2.16. The molecule has 1 heteroatoms. The van der Waals surface area contributed by atoms with Crippen molar-refractivity contribution < 1.29 is 0 Å². The van der Waals surface area contributed by atoms with E-state index in [9.17, 15) is 0 Å². The molecule has 0 radical (unpaired) electrons. The van der Waals surface area contributed by atoms with Crippen LogP contribution >= 0.6 is 11.8 Å². The molecule has 0 nitrogen and oxygen atoms in total. The molecule has 1 heterocycles. The zero-order valence-electron chi connectivity index (χ0n) is 7.44. The molecule has 0 aromatic rings. The van der Waals surface area contributed by atoms with Gasteiger partial charge in [0.15, 0.2) is 0 Å². The molecule has 1 aliphatic heterocycles. The first kappa shape index (κ1) is 9.18. The number of unbranched alkanes of at least 4 members (excludes halogenated alkanes) is 3. The van der Waals surface area contributed by atoms with Crippen molar-refractivity contribution in [3.8, 4) is 0 Å². The van der Waals surface area contributed by atoms with Crippen LogP contribution in [0.15, 0.2) is 12.7 Å². The zero-order chi connectivity index (χ0) is 8.16. The van der Waals surface area contributed by atoms with Crippen LogP contribution < -0.4 is 0 Å². The van der Waals surface area contributed by atoms with Crippen LogP contribution in [0.2, 0.25) is 0 Å². The molecule has 0 aromatic carbocycles. The Morgan fingerprint density at radius 1 is 1.45 bits per heavy atom. The lowest BCUT2D eigenvalue weighted by atomic mass is 10.0. The van der Waals surface area contributed by atoms with Gasteiger partial charge >= 0.3 is 0 Å². The SMILES string of the molecule is C=CC1(CCCCCC)CS1. The summed E-state index contributed by atoms with van der Waals surface area (Å²) in [5.41, 5.74) is 0. The Labute approximate surface area is 74.5 Å². The summed E-state index contributed by atoms with van der Waals surface area (Å²) in [6.45, 7) is 6.13. The van der Waals surface area contributed by atoms with Crippen molar-refractivity contribution >= 4 is 11.8 Å². The highest BCUT2D eigenvalue weighted by Gasteiger charge is 2.39. The standard InChI is InChI=1S/C10H18S/c1-3-5-6-7-8-10(4-2)9-11-10/h4H,2-3,5-9H2,1H3.